The van der Waals surface area contributed by atoms with E-state index in [4.69, 9.17) is 10.6 Å². The van der Waals surface area contributed by atoms with Crippen LogP contribution in [0.4, 0.5) is 0 Å². The molecule has 4 nitrogen and oxygen atoms in total. The maximum absolute atomic E-state index is 5.57. The Morgan fingerprint density at radius 3 is 2.53 bits per heavy atom. The SMILES string of the molecule is NCC1CC(c2ccc(-c3ccccn3)cc2)=NO1. The fourth-order valence-corrected chi connectivity index (χ4v) is 2.09. The summed E-state index contributed by atoms with van der Waals surface area (Å²) in [6.07, 6.45) is 2.59. The maximum Gasteiger partial charge on any atom is 0.145 e. The van der Waals surface area contributed by atoms with E-state index < -0.39 is 0 Å². The Kier molecular flexibility index (Phi) is 3.25. The molecule has 1 aromatic heterocycles. The Balaban J connectivity index is 1.80. The molecule has 0 saturated heterocycles. The van der Waals surface area contributed by atoms with Crippen LogP contribution in [0.15, 0.2) is 53.8 Å². The molecule has 0 aliphatic carbocycles. The number of rotatable bonds is 3. The van der Waals surface area contributed by atoms with Crippen LogP contribution in [0.2, 0.25) is 0 Å². The fourth-order valence-electron chi connectivity index (χ4n) is 2.09. The average molecular weight is 253 g/mol. The molecule has 3 rings (SSSR count). The summed E-state index contributed by atoms with van der Waals surface area (Å²) in [7, 11) is 0. The molecule has 1 atom stereocenters. The summed E-state index contributed by atoms with van der Waals surface area (Å²) in [5.74, 6) is 0. The van der Waals surface area contributed by atoms with Crippen LogP contribution in [0, 0.1) is 0 Å². The van der Waals surface area contributed by atoms with Crippen molar-refractivity contribution in [2.75, 3.05) is 6.54 Å². The molecule has 1 unspecified atom stereocenters. The zero-order chi connectivity index (χ0) is 13.1. The van der Waals surface area contributed by atoms with Crippen LogP contribution >= 0.6 is 0 Å². The van der Waals surface area contributed by atoms with Crippen LogP contribution < -0.4 is 5.73 Å². The molecule has 4 heteroatoms. The van der Waals surface area contributed by atoms with Gasteiger partial charge in [0.15, 0.2) is 0 Å². The first-order valence-electron chi connectivity index (χ1n) is 6.31. The number of aromatic nitrogens is 1. The van der Waals surface area contributed by atoms with Crippen molar-refractivity contribution in [3.63, 3.8) is 0 Å². The molecule has 0 bridgehead atoms. The monoisotopic (exact) mass is 253 g/mol. The van der Waals surface area contributed by atoms with Crippen LogP contribution in [0.1, 0.15) is 12.0 Å². The lowest BCUT2D eigenvalue weighted by molar-refractivity contribution is 0.0918. The average Bonchev–Trinajstić information content (AvgIpc) is 2.97. The van der Waals surface area contributed by atoms with Crippen molar-refractivity contribution < 1.29 is 4.84 Å². The second kappa shape index (κ2) is 5.20. The van der Waals surface area contributed by atoms with E-state index >= 15 is 0 Å². The number of nitrogens with two attached hydrogens (primary N) is 1. The Morgan fingerprint density at radius 2 is 1.89 bits per heavy atom. The van der Waals surface area contributed by atoms with Gasteiger partial charge in [0.1, 0.15) is 6.10 Å². The van der Waals surface area contributed by atoms with Crippen LogP contribution in [-0.4, -0.2) is 23.3 Å². The minimum Gasteiger partial charge on any atom is -0.390 e. The summed E-state index contributed by atoms with van der Waals surface area (Å²) in [6.45, 7) is 0.499. The third-order valence-electron chi connectivity index (χ3n) is 3.17. The van der Waals surface area contributed by atoms with Crippen LogP contribution in [0.5, 0.6) is 0 Å². The second-order valence-corrected chi connectivity index (χ2v) is 4.50. The van der Waals surface area contributed by atoms with Gasteiger partial charge in [-0.05, 0) is 17.7 Å². The van der Waals surface area contributed by atoms with E-state index in [-0.39, 0.29) is 6.10 Å². The van der Waals surface area contributed by atoms with E-state index in [0.717, 1.165) is 29.0 Å². The summed E-state index contributed by atoms with van der Waals surface area (Å²) in [4.78, 5) is 9.56. The second-order valence-electron chi connectivity index (χ2n) is 4.50. The first-order valence-corrected chi connectivity index (χ1v) is 6.31. The molecule has 19 heavy (non-hydrogen) atoms. The van der Waals surface area contributed by atoms with Crippen molar-refractivity contribution >= 4 is 5.71 Å². The highest BCUT2D eigenvalue weighted by molar-refractivity contribution is 6.01. The van der Waals surface area contributed by atoms with Gasteiger partial charge in [-0.1, -0.05) is 35.5 Å². The number of hydrogen-bond donors (Lipinski definition) is 1. The van der Waals surface area contributed by atoms with Gasteiger partial charge in [0.05, 0.1) is 11.4 Å². The highest BCUT2D eigenvalue weighted by Crippen LogP contribution is 2.20. The largest absolute Gasteiger partial charge is 0.390 e. The summed E-state index contributed by atoms with van der Waals surface area (Å²) in [6, 6.07) is 14.1. The van der Waals surface area contributed by atoms with Crippen molar-refractivity contribution in [2.45, 2.75) is 12.5 Å². The molecule has 0 radical (unpaired) electrons. The zero-order valence-electron chi connectivity index (χ0n) is 10.5. The van der Waals surface area contributed by atoms with Crippen molar-refractivity contribution in [1.82, 2.24) is 4.98 Å². The van der Waals surface area contributed by atoms with Gasteiger partial charge in [0.2, 0.25) is 0 Å². The van der Waals surface area contributed by atoms with E-state index in [1.54, 1.807) is 6.20 Å². The molecule has 0 fully saturated rings. The Hall–Kier alpha value is -2.20. The van der Waals surface area contributed by atoms with Crippen molar-refractivity contribution in [2.24, 2.45) is 10.9 Å². The molecule has 96 valence electrons. The van der Waals surface area contributed by atoms with Gasteiger partial charge in [-0.15, -0.1) is 0 Å². The molecule has 1 aromatic carbocycles. The number of hydrogen-bond acceptors (Lipinski definition) is 4. The molecule has 1 aliphatic heterocycles. The fraction of sp³-hybridized carbons (Fsp3) is 0.200. The highest BCUT2D eigenvalue weighted by Gasteiger charge is 2.20. The van der Waals surface area contributed by atoms with Gasteiger partial charge in [-0.2, -0.15) is 0 Å². The van der Waals surface area contributed by atoms with Gasteiger partial charge in [0, 0.05) is 24.7 Å². The van der Waals surface area contributed by atoms with Gasteiger partial charge >= 0.3 is 0 Å². The van der Waals surface area contributed by atoms with Crippen LogP contribution in [0.3, 0.4) is 0 Å². The smallest absolute Gasteiger partial charge is 0.145 e. The van der Waals surface area contributed by atoms with E-state index in [1.165, 1.54) is 0 Å². The lowest BCUT2D eigenvalue weighted by Gasteiger charge is -2.04. The van der Waals surface area contributed by atoms with Gasteiger partial charge < -0.3 is 10.6 Å². The molecule has 0 amide bonds. The molecular formula is C15H15N3O. The third-order valence-corrected chi connectivity index (χ3v) is 3.17. The maximum atomic E-state index is 5.57. The highest BCUT2D eigenvalue weighted by atomic mass is 16.6. The van der Waals surface area contributed by atoms with E-state index in [1.807, 2.05) is 30.3 Å². The number of nitrogens with zero attached hydrogens (tertiary/aromatic N) is 2. The van der Waals surface area contributed by atoms with Gasteiger partial charge in [-0.3, -0.25) is 4.98 Å². The lowest BCUT2D eigenvalue weighted by Crippen LogP contribution is -2.20. The van der Waals surface area contributed by atoms with E-state index in [2.05, 4.69) is 22.3 Å². The number of benzene rings is 1. The summed E-state index contributed by atoms with van der Waals surface area (Å²) in [5.41, 5.74) is 9.68. The normalized spacial score (nSPS) is 17.9. The van der Waals surface area contributed by atoms with Crippen LogP contribution in [-0.2, 0) is 4.84 Å². The van der Waals surface area contributed by atoms with Crippen molar-refractivity contribution in [3.05, 3.63) is 54.2 Å². The third kappa shape index (κ3) is 2.48. The summed E-state index contributed by atoms with van der Waals surface area (Å²) in [5, 5.41) is 4.08. The van der Waals surface area contributed by atoms with Gasteiger partial charge in [-0.25, -0.2) is 0 Å². The van der Waals surface area contributed by atoms with Gasteiger partial charge in [0.25, 0.3) is 0 Å². The quantitative estimate of drug-likeness (QED) is 0.912. The predicted molar refractivity (Wildman–Crippen MR) is 74.8 cm³/mol. The minimum absolute atomic E-state index is 0.0190. The molecule has 2 aromatic rings. The van der Waals surface area contributed by atoms with Crippen LogP contribution in [0.25, 0.3) is 11.3 Å². The molecular weight excluding hydrogens is 238 g/mol. The summed E-state index contributed by atoms with van der Waals surface area (Å²) < 4.78 is 0. The zero-order valence-corrected chi connectivity index (χ0v) is 10.5. The molecule has 0 saturated carbocycles. The van der Waals surface area contributed by atoms with Crippen molar-refractivity contribution in [1.29, 1.82) is 0 Å². The standard InChI is InChI=1S/C15H15N3O/c16-10-13-9-15(18-19-13)12-6-4-11(5-7-12)14-3-1-2-8-17-14/h1-8,13H,9-10,16H2. The van der Waals surface area contributed by atoms with Crippen molar-refractivity contribution in [3.8, 4) is 11.3 Å². The number of oxime groups is 1. The Morgan fingerprint density at radius 1 is 1.11 bits per heavy atom. The van der Waals surface area contributed by atoms with E-state index in [0.29, 0.717) is 6.54 Å². The first kappa shape index (κ1) is 11.9. The first-order chi connectivity index (χ1) is 9.36. The Bertz CT molecular complexity index is 578. The Labute approximate surface area is 111 Å². The molecule has 2 N–H and O–H groups in total. The summed E-state index contributed by atoms with van der Waals surface area (Å²) >= 11 is 0. The predicted octanol–water partition coefficient (Wildman–Crippen LogP) is 2.20. The number of pyridine rings is 1. The molecule has 0 spiro atoms. The molecule has 1 aliphatic rings. The molecule has 2 heterocycles. The topological polar surface area (TPSA) is 60.5 Å². The lowest BCUT2D eigenvalue weighted by atomic mass is 10.0. The van der Waals surface area contributed by atoms with E-state index in [9.17, 15) is 0 Å². The minimum atomic E-state index is 0.0190.